The van der Waals surface area contributed by atoms with E-state index in [0.717, 1.165) is 175 Å². The van der Waals surface area contributed by atoms with Gasteiger partial charge in [0.2, 0.25) is 5.91 Å². The summed E-state index contributed by atoms with van der Waals surface area (Å²) in [6.45, 7) is 8.78. The highest BCUT2D eigenvalue weighted by Gasteiger charge is 2.29. The molecule has 3 fully saturated rings. The molecule has 10 aromatic carbocycles. The number of amides is 6. The van der Waals surface area contributed by atoms with E-state index in [1.807, 2.05) is 91.0 Å². The number of hydroxylamine groups is 2. The number of hydrogen-bond acceptors (Lipinski definition) is 21. The highest BCUT2D eigenvalue weighted by atomic mass is 19.1. The molecular formula is C107H105F5N18O9. The summed E-state index contributed by atoms with van der Waals surface area (Å²) in [6.07, 6.45) is 4.14. The molecule has 0 bridgehead atoms. The molecule has 27 nitrogen and oxygen atoms in total. The first-order valence-electron chi connectivity index (χ1n) is 44.9. The summed E-state index contributed by atoms with van der Waals surface area (Å²) in [6, 6.07) is 70.8. The van der Waals surface area contributed by atoms with Crippen molar-refractivity contribution in [2.45, 2.75) is 70.0 Å². The zero-order chi connectivity index (χ0) is 98.8. The van der Waals surface area contributed by atoms with Crippen LogP contribution >= 0.6 is 0 Å². The van der Waals surface area contributed by atoms with Crippen molar-refractivity contribution in [3.63, 3.8) is 0 Å². The van der Waals surface area contributed by atoms with Gasteiger partial charge in [-0.05, 0) is 266 Å². The standard InChI is InChI=1S/C23H25FN4O.C22H19FN4O.C21H20FN3O3.C21H22FN3O2.C20H19FN4O2/c1-27(2)18-9-10-28(14-18)13-15-3-8-19-20(16-4-6-17(24)7-5-16)12-22(23(25)29)26-21(19)11-15;23-16-6-4-15(5-7-16)19-11-21(22(25)28)26-20-10-14(3-8-18(19)20)13-27-9-1-2-17(27)12-24;1-27-16-8-9-25(12-16)28-15-6-7-17-18(13-2-4-14(22)5-3-13)11-20(21(23)26)24-19(17)10-15;1-25(9-10-27-2)13-14-3-8-17-18(15-4-6-16(22)7-5-15)12-20(21(23)26)24-19(17)11-14;1-25(11-19(22)26)10-12-2-7-15-16(13-3-5-14(21)6-4-13)9-18(20(23)27)24-17(15)8-12/h3-8,11-12,18H,9-10,13-14H2,1-2H3,(H2,25,29);3-8,10-11,17H,1-2,9,13H2,(H2,25,28);2-7,10-11,16H,8-9,12H2,1H3,(H2,23,26);3-8,11-12H,9-10,13H2,1-2H3,(H2,23,26);2-9H,10-11H2,1H3,(H2,22,26)(H2,23,27)/t;17-;16-;;/m.00../s1. The second kappa shape index (κ2) is 45.6. The van der Waals surface area contributed by atoms with Crippen LogP contribution in [-0.2, 0) is 40.4 Å². The fraction of sp³-hybridized carbons (Fsp3) is 0.234. The first-order chi connectivity index (χ1) is 66.8. The number of methoxy groups -OCH3 is 2. The van der Waals surface area contributed by atoms with Crippen molar-refractivity contribution in [3.05, 3.63) is 322 Å². The molecule has 6 amide bonds. The van der Waals surface area contributed by atoms with Gasteiger partial charge < -0.3 is 53.6 Å². The molecule has 139 heavy (non-hydrogen) atoms. The monoisotopic (exact) mass is 1880 g/mol. The van der Waals surface area contributed by atoms with E-state index in [2.05, 4.69) is 70.8 Å². The minimum absolute atomic E-state index is 0.0598. The van der Waals surface area contributed by atoms with Crippen molar-refractivity contribution >= 4 is 90.0 Å². The number of likely N-dealkylation sites (N-methyl/N-ethyl adjacent to an activating group) is 3. The van der Waals surface area contributed by atoms with Crippen LogP contribution in [0, 0.1) is 40.4 Å². The molecule has 0 saturated carbocycles. The van der Waals surface area contributed by atoms with Gasteiger partial charge in [0, 0.05) is 106 Å². The highest BCUT2D eigenvalue weighted by Crippen LogP contribution is 2.38. The fourth-order valence-electron chi connectivity index (χ4n) is 17.2. The van der Waals surface area contributed by atoms with Gasteiger partial charge in [0.05, 0.1) is 65.5 Å². The van der Waals surface area contributed by atoms with Crippen LogP contribution in [0.1, 0.15) is 100 Å². The smallest absolute Gasteiger partial charge is 0.267 e. The number of benzene rings is 10. The molecule has 3 aliphatic rings. The van der Waals surface area contributed by atoms with Gasteiger partial charge in [-0.3, -0.25) is 48.4 Å². The molecule has 5 aromatic heterocycles. The predicted octanol–water partition coefficient (Wildman–Crippen LogP) is 15.3. The number of likely N-dealkylation sites (tertiary alicyclic amines) is 2. The summed E-state index contributed by atoms with van der Waals surface area (Å²) in [4.78, 5) is 109. The number of rotatable bonds is 27. The molecule has 1 unspecified atom stereocenters. The number of nitriles is 1. The number of fused-ring (bicyclic) bond motifs is 5. The van der Waals surface area contributed by atoms with E-state index in [-0.39, 0.29) is 76.2 Å². The van der Waals surface area contributed by atoms with E-state index in [0.29, 0.717) is 60.1 Å². The third-order valence-corrected chi connectivity index (χ3v) is 24.3. The quantitative estimate of drug-likeness (QED) is 0.0260. The average molecular weight is 1880 g/mol. The molecule has 32 heteroatoms. The third-order valence-electron chi connectivity index (χ3n) is 24.3. The number of aromatic nitrogens is 5. The Balaban J connectivity index is 0.000000139. The van der Waals surface area contributed by atoms with Crippen molar-refractivity contribution < 1.29 is 65.0 Å². The van der Waals surface area contributed by atoms with Gasteiger partial charge in [-0.25, -0.2) is 46.9 Å². The van der Waals surface area contributed by atoms with E-state index >= 15 is 0 Å². The molecule has 0 aliphatic carbocycles. The summed E-state index contributed by atoms with van der Waals surface area (Å²) < 4.78 is 77.0. The predicted molar refractivity (Wildman–Crippen MR) is 526 cm³/mol. The SMILES string of the molecule is CN(C)C1CCN(Cc2ccc3c(-c4ccc(F)cc4)cc(C(N)=O)nc3c2)C1.CN(CC(N)=O)Cc1ccc2c(-c3ccc(F)cc3)cc(C(N)=O)nc2c1.COCCN(C)Cc1ccc2c(-c3ccc(F)cc3)cc(C(N)=O)nc2c1.CO[C@H]1CCN(Oc2ccc3c(-c4ccc(F)cc4)cc(C(N)=O)nc3c2)C1.N#C[C@@H]1CCCN1Cc1ccc2c(-c3ccc(F)cc3)cc(C(N)=O)nc2c1. The number of ether oxygens (including phenoxy) is 2. The van der Waals surface area contributed by atoms with Crippen LogP contribution in [0.25, 0.3) is 110 Å². The lowest BCUT2D eigenvalue weighted by atomic mass is 9.98. The summed E-state index contributed by atoms with van der Waals surface area (Å²) >= 11 is 0. The number of hydrogen-bond donors (Lipinski definition) is 6. The Morgan fingerprint density at radius 2 is 0.748 bits per heavy atom. The van der Waals surface area contributed by atoms with Crippen LogP contribution in [0.15, 0.2) is 243 Å². The van der Waals surface area contributed by atoms with E-state index < -0.39 is 35.4 Å². The van der Waals surface area contributed by atoms with E-state index in [1.54, 1.807) is 123 Å². The van der Waals surface area contributed by atoms with Gasteiger partial charge in [0.15, 0.2) is 0 Å². The maximum atomic E-state index is 13.4. The van der Waals surface area contributed by atoms with Crippen molar-refractivity contribution in [1.29, 1.82) is 5.26 Å². The maximum Gasteiger partial charge on any atom is 0.267 e. The van der Waals surface area contributed by atoms with Gasteiger partial charge in [0.1, 0.15) is 63.3 Å². The second-order valence-electron chi connectivity index (χ2n) is 34.6. The molecule has 3 aliphatic heterocycles. The van der Waals surface area contributed by atoms with Gasteiger partial charge in [-0.2, -0.15) is 5.26 Å². The Hall–Kier alpha value is -15.3. The van der Waals surface area contributed by atoms with Crippen LogP contribution < -0.4 is 39.2 Å². The summed E-state index contributed by atoms with van der Waals surface area (Å²) in [5.74, 6) is -4.45. The molecule has 18 rings (SSSR count). The molecule has 8 heterocycles. The lowest BCUT2D eigenvalue weighted by Gasteiger charge is -2.20. The zero-order valence-electron chi connectivity index (χ0n) is 77.5. The first-order valence-corrected chi connectivity index (χ1v) is 44.9. The van der Waals surface area contributed by atoms with Crippen molar-refractivity contribution in [2.24, 2.45) is 34.4 Å². The summed E-state index contributed by atoms with van der Waals surface area (Å²) in [5, 5.41) is 15.4. The second-order valence-corrected chi connectivity index (χ2v) is 34.6. The minimum atomic E-state index is -0.642. The van der Waals surface area contributed by atoms with E-state index in [9.17, 15) is 56.0 Å². The number of pyridine rings is 5. The largest absolute Gasteiger partial charge is 0.406 e. The Morgan fingerprint density at radius 3 is 1.08 bits per heavy atom. The molecule has 12 N–H and O–H groups in total. The highest BCUT2D eigenvalue weighted by molar-refractivity contribution is 6.06. The fourth-order valence-corrected chi connectivity index (χ4v) is 17.2. The van der Waals surface area contributed by atoms with Crippen LogP contribution in [0.2, 0.25) is 0 Å². The maximum absolute atomic E-state index is 13.4. The lowest BCUT2D eigenvalue weighted by Crippen LogP contribution is -2.31. The Morgan fingerprint density at radius 1 is 0.403 bits per heavy atom. The van der Waals surface area contributed by atoms with Crippen LogP contribution in [0.3, 0.4) is 0 Å². The lowest BCUT2D eigenvalue weighted by molar-refractivity contribution is -0.119. The Kier molecular flexibility index (Phi) is 32.7. The van der Waals surface area contributed by atoms with Gasteiger partial charge in [-0.15, -0.1) is 5.06 Å². The van der Waals surface area contributed by atoms with Crippen LogP contribution in [0.5, 0.6) is 5.75 Å². The molecule has 15 aromatic rings. The molecule has 3 saturated heterocycles. The minimum Gasteiger partial charge on any atom is -0.406 e. The molecule has 0 radical (unpaired) electrons. The van der Waals surface area contributed by atoms with E-state index in [4.69, 9.17) is 48.7 Å². The Bertz CT molecular complexity index is 7090. The molecular weight excluding hydrogens is 1780 g/mol. The third kappa shape index (κ3) is 25.7. The normalized spacial score (nSPS) is 14.8. The van der Waals surface area contributed by atoms with Crippen molar-refractivity contribution in [2.75, 3.05) is 94.8 Å². The number of halogens is 5. The summed E-state index contributed by atoms with van der Waals surface area (Å²) in [5.41, 5.74) is 48.6. The van der Waals surface area contributed by atoms with E-state index in [1.165, 1.54) is 67.1 Å². The number of nitrogens with two attached hydrogens (primary N) is 6. The topological polar surface area (TPSA) is 394 Å². The van der Waals surface area contributed by atoms with Gasteiger partial charge in [0.25, 0.3) is 29.5 Å². The van der Waals surface area contributed by atoms with Gasteiger partial charge >= 0.3 is 0 Å². The number of carbonyl (C=O) groups is 6. The van der Waals surface area contributed by atoms with Crippen LogP contribution in [0.4, 0.5) is 22.0 Å². The molecule has 3 atom stereocenters. The molecule has 0 spiro atoms. The van der Waals surface area contributed by atoms with Crippen molar-refractivity contribution in [3.8, 4) is 67.5 Å². The van der Waals surface area contributed by atoms with Gasteiger partial charge in [-0.1, -0.05) is 109 Å². The number of primary amides is 6. The summed E-state index contributed by atoms with van der Waals surface area (Å²) in [7, 11) is 11.4. The first kappa shape index (κ1) is 99.7. The average Bonchev–Trinajstić information content (AvgIpc) is 1.57. The Labute approximate surface area is 799 Å². The molecule has 712 valence electrons. The van der Waals surface area contributed by atoms with Crippen LogP contribution in [-0.4, -0.2) is 203 Å². The zero-order valence-corrected chi connectivity index (χ0v) is 77.5. The van der Waals surface area contributed by atoms with Crippen molar-refractivity contribution in [1.82, 2.24) is 54.5 Å². The number of nitrogens with zero attached hydrogens (tertiary/aromatic N) is 12. The number of carbonyl (C=O) groups excluding carboxylic acids is 6.